The van der Waals surface area contributed by atoms with Crippen LogP contribution in [0.1, 0.15) is 27.8 Å². The van der Waals surface area contributed by atoms with Gasteiger partial charge in [0.1, 0.15) is 11.5 Å². The van der Waals surface area contributed by atoms with Gasteiger partial charge in [-0.25, -0.2) is 4.39 Å². The topological polar surface area (TPSA) is 17.8 Å². The number of aromatic nitrogens is 2. The minimum atomic E-state index is -0.235. The molecule has 0 fully saturated rings. The van der Waals surface area contributed by atoms with Crippen molar-refractivity contribution in [2.75, 3.05) is 0 Å². The molecular weight excluding hydrogens is 439 g/mol. The predicted octanol–water partition coefficient (Wildman–Crippen LogP) is 7.40. The quantitative estimate of drug-likeness (QED) is 0.308. The molecule has 0 unspecified atom stereocenters. The number of benzene rings is 3. The summed E-state index contributed by atoms with van der Waals surface area (Å²) in [6, 6.07) is 19.5. The van der Waals surface area contributed by atoms with Crippen molar-refractivity contribution in [3.05, 3.63) is 98.8 Å². The molecule has 4 aromatic rings. The minimum Gasteiger partial charge on any atom is -0.259 e. The van der Waals surface area contributed by atoms with E-state index in [-0.39, 0.29) is 5.82 Å². The van der Waals surface area contributed by atoms with Crippen LogP contribution in [0.2, 0.25) is 0 Å². The highest BCUT2D eigenvalue weighted by Gasteiger charge is 2.20. The minimum absolute atomic E-state index is 0.235. The molecule has 0 aliphatic rings. The maximum absolute atomic E-state index is 13.8. The van der Waals surface area contributed by atoms with E-state index >= 15 is 0 Å². The molecule has 1 aromatic heterocycles. The first kappa shape index (κ1) is 20.5. The highest BCUT2D eigenvalue weighted by atomic mass is 79.9. The van der Waals surface area contributed by atoms with Gasteiger partial charge in [-0.2, -0.15) is 5.10 Å². The number of aryl methyl sites for hydroxylation is 4. The fourth-order valence-corrected chi connectivity index (χ4v) is 4.34. The molecule has 4 rings (SSSR count). The van der Waals surface area contributed by atoms with Crippen LogP contribution in [0.25, 0.3) is 22.5 Å². The Hall–Kier alpha value is -2.72. The maximum Gasteiger partial charge on any atom is 0.123 e. The van der Waals surface area contributed by atoms with Gasteiger partial charge < -0.3 is 0 Å². The smallest absolute Gasteiger partial charge is 0.123 e. The van der Waals surface area contributed by atoms with Crippen LogP contribution in [0.3, 0.4) is 0 Å². The van der Waals surface area contributed by atoms with Gasteiger partial charge in [0.2, 0.25) is 0 Å². The van der Waals surface area contributed by atoms with Crippen LogP contribution in [0.5, 0.6) is 0 Å². The van der Waals surface area contributed by atoms with E-state index in [2.05, 4.69) is 80.0 Å². The zero-order chi connectivity index (χ0) is 21.4. The Morgan fingerprint density at radius 2 is 1.43 bits per heavy atom. The summed E-state index contributed by atoms with van der Waals surface area (Å²) in [5.74, 6) is -0.235. The van der Waals surface area contributed by atoms with Gasteiger partial charge >= 0.3 is 0 Å². The van der Waals surface area contributed by atoms with Crippen molar-refractivity contribution in [3.63, 3.8) is 0 Å². The van der Waals surface area contributed by atoms with Crippen molar-refractivity contribution in [2.45, 2.75) is 34.2 Å². The third-order valence-electron chi connectivity index (χ3n) is 5.68. The Balaban J connectivity index is 1.90. The molecule has 30 heavy (non-hydrogen) atoms. The highest BCUT2D eigenvalue weighted by Crippen LogP contribution is 2.38. The normalized spacial score (nSPS) is 11.1. The number of rotatable bonds is 4. The van der Waals surface area contributed by atoms with Crippen LogP contribution < -0.4 is 0 Å². The van der Waals surface area contributed by atoms with Crippen molar-refractivity contribution in [2.24, 2.45) is 0 Å². The molecule has 3 aromatic carbocycles. The van der Waals surface area contributed by atoms with E-state index in [1.807, 2.05) is 10.7 Å². The molecule has 0 saturated carbocycles. The zero-order valence-electron chi connectivity index (χ0n) is 17.6. The van der Waals surface area contributed by atoms with Crippen molar-refractivity contribution >= 4 is 15.9 Å². The Morgan fingerprint density at radius 1 is 0.800 bits per heavy atom. The molecule has 0 N–H and O–H groups in total. The molecule has 4 heteroatoms. The molecule has 0 atom stereocenters. The van der Waals surface area contributed by atoms with Gasteiger partial charge in [0, 0.05) is 11.1 Å². The Morgan fingerprint density at radius 3 is 2.07 bits per heavy atom. The number of halogens is 2. The number of hydrogen-bond acceptors (Lipinski definition) is 1. The SMILES string of the molecule is Cc1ccc(-c2nn(Cc3cccc(F)c3)c(-c3ccc(C)c(C)c3)c2Br)cc1C. The largest absolute Gasteiger partial charge is 0.259 e. The van der Waals surface area contributed by atoms with Crippen molar-refractivity contribution in [1.29, 1.82) is 0 Å². The van der Waals surface area contributed by atoms with Crippen LogP contribution in [-0.4, -0.2) is 9.78 Å². The van der Waals surface area contributed by atoms with E-state index in [1.165, 1.54) is 28.3 Å². The molecule has 0 radical (unpaired) electrons. The molecule has 0 spiro atoms. The van der Waals surface area contributed by atoms with Gasteiger partial charge in [-0.15, -0.1) is 0 Å². The molecule has 1 heterocycles. The van der Waals surface area contributed by atoms with Gasteiger partial charge in [0.25, 0.3) is 0 Å². The lowest BCUT2D eigenvalue weighted by atomic mass is 10.0. The lowest BCUT2D eigenvalue weighted by Gasteiger charge is -2.10. The second-order valence-corrected chi connectivity index (χ2v) is 8.69. The van der Waals surface area contributed by atoms with E-state index in [9.17, 15) is 4.39 Å². The zero-order valence-corrected chi connectivity index (χ0v) is 19.2. The standard InChI is InChI=1S/C26H24BrFN2/c1-16-8-10-21(12-18(16)3)25-24(27)26(22-11-9-17(2)19(4)13-22)30(29-25)15-20-6-5-7-23(28)14-20/h5-14H,15H2,1-4H3. The number of hydrogen-bond donors (Lipinski definition) is 0. The van der Waals surface area contributed by atoms with E-state index in [0.717, 1.165) is 32.6 Å². The molecule has 0 aliphatic carbocycles. The average Bonchev–Trinajstić information content (AvgIpc) is 3.02. The highest BCUT2D eigenvalue weighted by molar-refractivity contribution is 9.10. The predicted molar refractivity (Wildman–Crippen MR) is 125 cm³/mol. The van der Waals surface area contributed by atoms with Crippen LogP contribution in [-0.2, 0) is 6.54 Å². The fraction of sp³-hybridized carbons (Fsp3) is 0.192. The second-order valence-electron chi connectivity index (χ2n) is 7.90. The lowest BCUT2D eigenvalue weighted by Crippen LogP contribution is -2.04. The summed E-state index contributed by atoms with van der Waals surface area (Å²) in [6.45, 7) is 8.93. The third kappa shape index (κ3) is 3.97. The first-order chi connectivity index (χ1) is 14.3. The molecule has 0 saturated heterocycles. The third-order valence-corrected chi connectivity index (χ3v) is 6.43. The fourth-order valence-electron chi connectivity index (χ4n) is 3.60. The Bertz CT molecular complexity index is 1240. The summed E-state index contributed by atoms with van der Waals surface area (Å²) in [6.07, 6.45) is 0. The molecular formula is C26H24BrFN2. The van der Waals surface area contributed by atoms with Gasteiger partial charge in [0.15, 0.2) is 0 Å². The van der Waals surface area contributed by atoms with Gasteiger partial charge in [-0.05, 0) is 95.7 Å². The summed E-state index contributed by atoms with van der Waals surface area (Å²) in [5, 5.41) is 4.95. The van der Waals surface area contributed by atoms with Crippen LogP contribution in [0.15, 0.2) is 65.1 Å². The van der Waals surface area contributed by atoms with Crippen LogP contribution in [0, 0.1) is 33.5 Å². The molecule has 2 nitrogen and oxygen atoms in total. The summed E-state index contributed by atoms with van der Waals surface area (Å²) < 4.78 is 16.7. The van der Waals surface area contributed by atoms with Crippen LogP contribution >= 0.6 is 15.9 Å². The van der Waals surface area contributed by atoms with Gasteiger partial charge in [-0.1, -0.05) is 36.4 Å². The van der Waals surface area contributed by atoms with Crippen molar-refractivity contribution in [1.82, 2.24) is 9.78 Å². The van der Waals surface area contributed by atoms with E-state index in [0.29, 0.717) is 6.54 Å². The second kappa shape index (κ2) is 8.19. The van der Waals surface area contributed by atoms with E-state index in [4.69, 9.17) is 5.10 Å². The molecule has 0 aliphatic heterocycles. The summed E-state index contributed by atoms with van der Waals surface area (Å²) >= 11 is 3.83. The van der Waals surface area contributed by atoms with E-state index < -0.39 is 0 Å². The lowest BCUT2D eigenvalue weighted by molar-refractivity contribution is 0.620. The summed E-state index contributed by atoms with van der Waals surface area (Å²) in [7, 11) is 0. The van der Waals surface area contributed by atoms with Gasteiger partial charge in [-0.3, -0.25) is 4.68 Å². The maximum atomic E-state index is 13.8. The van der Waals surface area contributed by atoms with Crippen molar-refractivity contribution in [3.8, 4) is 22.5 Å². The van der Waals surface area contributed by atoms with Crippen molar-refractivity contribution < 1.29 is 4.39 Å². The molecule has 0 amide bonds. The monoisotopic (exact) mass is 462 g/mol. The summed E-state index contributed by atoms with van der Waals surface area (Å²) in [5.41, 5.74) is 9.87. The molecule has 152 valence electrons. The number of nitrogens with zero attached hydrogens (tertiary/aromatic N) is 2. The first-order valence-corrected chi connectivity index (χ1v) is 10.8. The van der Waals surface area contributed by atoms with Gasteiger partial charge in [0.05, 0.1) is 16.7 Å². The average molecular weight is 463 g/mol. The Kier molecular flexibility index (Phi) is 5.61. The van der Waals surface area contributed by atoms with Crippen LogP contribution in [0.4, 0.5) is 4.39 Å². The summed E-state index contributed by atoms with van der Waals surface area (Å²) in [4.78, 5) is 0. The Labute approximate surface area is 185 Å². The van der Waals surface area contributed by atoms with E-state index in [1.54, 1.807) is 12.1 Å². The molecule has 0 bridgehead atoms. The first-order valence-electron chi connectivity index (χ1n) is 9.99.